The van der Waals surface area contributed by atoms with Crippen molar-refractivity contribution in [1.82, 2.24) is 10.6 Å². The first-order chi connectivity index (χ1) is 11.8. The number of halogens is 4. The van der Waals surface area contributed by atoms with Crippen LogP contribution >= 0.6 is 24.0 Å². The van der Waals surface area contributed by atoms with Crippen molar-refractivity contribution in [2.45, 2.75) is 51.4 Å². The van der Waals surface area contributed by atoms with E-state index in [0.29, 0.717) is 31.1 Å². The van der Waals surface area contributed by atoms with Crippen LogP contribution in [0.25, 0.3) is 0 Å². The SMILES string of the molecule is CCNC(=NCc1ccc(C(N)=O)o1)NC1CCC(C(F)(F)F)CC1.I. The second kappa shape index (κ2) is 10.0. The van der Waals surface area contributed by atoms with Crippen molar-refractivity contribution in [2.24, 2.45) is 16.6 Å². The number of nitrogens with one attached hydrogen (secondary N) is 2. The molecule has 0 radical (unpaired) electrons. The molecular formula is C16H24F3IN4O2. The molecule has 0 spiro atoms. The normalized spacial score (nSPS) is 21.0. The van der Waals surface area contributed by atoms with Crippen LogP contribution in [-0.4, -0.2) is 30.6 Å². The van der Waals surface area contributed by atoms with Crippen LogP contribution < -0.4 is 16.4 Å². The Labute approximate surface area is 167 Å². The van der Waals surface area contributed by atoms with Crippen molar-refractivity contribution in [1.29, 1.82) is 0 Å². The molecule has 1 aliphatic carbocycles. The Hall–Kier alpha value is -1.46. The van der Waals surface area contributed by atoms with Crippen LogP contribution in [-0.2, 0) is 6.54 Å². The van der Waals surface area contributed by atoms with Gasteiger partial charge in [0.2, 0.25) is 0 Å². The Balaban J connectivity index is 0.00000338. The summed E-state index contributed by atoms with van der Waals surface area (Å²) in [5.41, 5.74) is 5.12. The summed E-state index contributed by atoms with van der Waals surface area (Å²) in [6.07, 6.45) is -2.97. The maximum absolute atomic E-state index is 12.7. The largest absolute Gasteiger partial charge is 0.454 e. The molecule has 1 saturated carbocycles. The van der Waals surface area contributed by atoms with Crippen LogP contribution in [0.3, 0.4) is 0 Å². The number of primary amides is 1. The number of amides is 1. The van der Waals surface area contributed by atoms with Gasteiger partial charge in [-0.15, -0.1) is 24.0 Å². The summed E-state index contributed by atoms with van der Waals surface area (Å²) in [5.74, 6) is -0.808. The highest BCUT2D eigenvalue weighted by molar-refractivity contribution is 14.0. The molecule has 1 aliphatic rings. The van der Waals surface area contributed by atoms with Gasteiger partial charge in [0, 0.05) is 12.6 Å². The van der Waals surface area contributed by atoms with Gasteiger partial charge in [-0.1, -0.05) is 0 Å². The number of nitrogens with zero attached hydrogens (tertiary/aromatic N) is 1. The van der Waals surface area contributed by atoms with E-state index in [4.69, 9.17) is 10.2 Å². The van der Waals surface area contributed by atoms with Crippen molar-refractivity contribution in [3.63, 3.8) is 0 Å². The van der Waals surface area contributed by atoms with E-state index in [9.17, 15) is 18.0 Å². The van der Waals surface area contributed by atoms with Gasteiger partial charge >= 0.3 is 6.18 Å². The molecule has 4 N–H and O–H groups in total. The Morgan fingerprint density at radius 2 is 1.96 bits per heavy atom. The minimum atomic E-state index is -4.11. The van der Waals surface area contributed by atoms with Gasteiger partial charge in [-0.2, -0.15) is 13.2 Å². The van der Waals surface area contributed by atoms with Gasteiger partial charge in [0.15, 0.2) is 11.7 Å². The van der Waals surface area contributed by atoms with Crippen molar-refractivity contribution in [3.8, 4) is 0 Å². The summed E-state index contributed by atoms with van der Waals surface area (Å²) in [5, 5.41) is 6.22. The number of aliphatic imine (C=N–C) groups is 1. The molecule has 2 rings (SSSR count). The molecule has 1 heterocycles. The van der Waals surface area contributed by atoms with Crippen molar-refractivity contribution < 1.29 is 22.4 Å². The molecule has 26 heavy (non-hydrogen) atoms. The molecule has 1 fully saturated rings. The maximum Gasteiger partial charge on any atom is 0.391 e. The Kier molecular flexibility index (Phi) is 8.71. The second-order valence-electron chi connectivity index (χ2n) is 6.06. The number of hydrogen-bond donors (Lipinski definition) is 3. The number of guanidine groups is 1. The molecule has 0 unspecified atom stereocenters. The monoisotopic (exact) mass is 488 g/mol. The van der Waals surface area contributed by atoms with E-state index in [1.54, 1.807) is 6.07 Å². The average Bonchev–Trinajstić information content (AvgIpc) is 3.02. The molecule has 0 aromatic carbocycles. The lowest BCUT2D eigenvalue weighted by Gasteiger charge is -2.31. The fourth-order valence-electron chi connectivity index (χ4n) is 2.83. The molecule has 1 aromatic heterocycles. The van der Waals surface area contributed by atoms with Crippen LogP contribution in [0, 0.1) is 5.92 Å². The quantitative estimate of drug-likeness (QED) is 0.338. The third-order valence-electron chi connectivity index (χ3n) is 4.17. The number of rotatable bonds is 5. The van der Waals surface area contributed by atoms with Crippen LogP contribution in [0.2, 0.25) is 0 Å². The summed E-state index contributed by atoms with van der Waals surface area (Å²) >= 11 is 0. The molecule has 10 heteroatoms. The number of hydrogen-bond acceptors (Lipinski definition) is 3. The first kappa shape index (κ1) is 22.6. The van der Waals surface area contributed by atoms with Crippen LogP contribution in [0.15, 0.2) is 21.5 Å². The van der Waals surface area contributed by atoms with Gasteiger partial charge < -0.3 is 20.8 Å². The minimum absolute atomic E-state index is 0. The van der Waals surface area contributed by atoms with Gasteiger partial charge in [0.05, 0.1) is 5.92 Å². The minimum Gasteiger partial charge on any atom is -0.454 e. The van der Waals surface area contributed by atoms with Crippen LogP contribution in [0.1, 0.15) is 48.9 Å². The van der Waals surface area contributed by atoms with Crippen molar-refractivity contribution >= 4 is 35.8 Å². The van der Waals surface area contributed by atoms with E-state index in [-0.39, 0.29) is 55.2 Å². The molecule has 0 saturated heterocycles. The fraction of sp³-hybridized carbons (Fsp3) is 0.625. The summed E-state index contributed by atoms with van der Waals surface area (Å²) in [4.78, 5) is 15.3. The summed E-state index contributed by atoms with van der Waals surface area (Å²) in [7, 11) is 0. The highest BCUT2D eigenvalue weighted by atomic mass is 127. The molecule has 0 bridgehead atoms. The standard InChI is InChI=1S/C16H23F3N4O2.HI/c1-2-21-15(22-9-12-7-8-13(25-12)14(20)24)23-11-5-3-10(4-6-11)16(17,18)19;/h7-8,10-11H,2-6,9H2,1H3,(H2,20,24)(H2,21,22,23);1H. The Morgan fingerprint density at radius 1 is 1.31 bits per heavy atom. The van der Waals surface area contributed by atoms with Gasteiger partial charge in [0.1, 0.15) is 12.3 Å². The highest BCUT2D eigenvalue weighted by Gasteiger charge is 2.41. The summed E-state index contributed by atoms with van der Waals surface area (Å²) in [6, 6.07) is 3.04. The first-order valence-electron chi connectivity index (χ1n) is 8.29. The zero-order chi connectivity index (χ0) is 18.4. The van der Waals surface area contributed by atoms with E-state index < -0.39 is 18.0 Å². The third-order valence-corrected chi connectivity index (χ3v) is 4.17. The zero-order valence-electron chi connectivity index (χ0n) is 14.4. The topological polar surface area (TPSA) is 92.6 Å². The Bertz CT molecular complexity index is 611. The van der Waals surface area contributed by atoms with Crippen molar-refractivity contribution in [2.75, 3.05) is 6.54 Å². The molecule has 1 amide bonds. The van der Waals surface area contributed by atoms with Gasteiger partial charge in [-0.3, -0.25) is 4.79 Å². The Morgan fingerprint density at radius 3 is 2.46 bits per heavy atom. The van der Waals surface area contributed by atoms with Gasteiger partial charge in [-0.05, 0) is 44.7 Å². The van der Waals surface area contributed by atoms with E-state index in [0.717, 1.165) is 0 Å². The summed E-state index contributed by atoms with van der Waals surface area (Å²) in [6.45, 7) is 2.71. The van der Waals surface area contributed by atoms with Crippen LogP contribution in [0.5, 0.6) is 0 Å². The fourth-order valence-corrected chi connectivity index (χ4v) is 2.83. The predicted octanol–water partition coefficient (Wildman–Crippen LogP) is 3.17. The van der Waals surface area contributed by atoms with E-state index >= 15 is 0 Å². The van der Waals surface area contributed by atoms with E-state index in [1.807, 2.05) is 6.92 Å². The van der Waals surface area contributed by atoms with Crippen molar-refractivity contribution in [3.05, 3.63) is 23.7 Å². The lowest BCUT2D eigenvalue weighted by atomic mass is 9.85. The number of alkyl halides is 3. The smallest absolute Gasteiger partial charge is 0.391 e. The number of carbonyl (C=O) groups excluding carboxylic acids is 1. The van der Waals surface area contributed by atoms with Gasteiger partial charge in [-0.25, -0.2) is 4.99 Å². The average molecular weight is 488 g/mol. The second-order valence-corrected chi connectivity index (χ2v) is 6.06. The van der Waals surface area contributed by atoms with Gasteiger partial charge in [0.25, 0.3) is 5.91 Å². The number of carbonyl (C=O) groups is 1. The van der Waals surface area contributed by atoms with Crippen LogP contribution in [0.4, 0.5) is 13.2 Å². The highest BCUT2D eigenvalue weighted by Crippen LogP contribution is 2.37. The molecule has 1 aromatic rings. The molecule has 6 nitrogen and oxygen atoms in total. The maximum atomic E-state index is 12.7. The molecule has 0 aliphatic heterocycles. The lowest BCUT2D eigenvalue weighted by Crippen LogP contribution is -2.45. The molecule has 0 atom stereocenters. The summed E-state index contributed by atoms with van der Waals surface area (Å²) < 4.78 is 43.4. The van der Waals surface area contributed by atoms with E-state index in [2.05, 4.69) is 15.6 Å². The van der Waals surface area contributed by atoms with E-state index in [1.165, 1.54) is 6.07 Å². The number of nitrogens with two attached hydrogens (primary N) is 1. The molecular weight excluding hydrogens is 464 g/mol. The first-order valence-corrected chi connectivity index (χ1v) is 8.29. The lowest BCUT2D eigenvalue weighted by molar-refractivity contribution is -0.182. The molecule has 148 valence electrons. The third kappa shape index (κ3) is 6.69. The number of furan rings is 1. The zero-order valence-corrected chi connectivity index (χ0v) is 16.8. The predicted molar refractivity (Wildman–Crippen MR) is 102 cm³/mol.